The van der Waals surface area contributed by atoms with Crippen molar-refractivity contribution in [3.8, 4) is 0 Å². The first-order chi connectivity index (χ1) is 12.7. The molecule has 2 aromatic carbocycles. The second-order valence-corrected chi connectivity index (χ2v) is 7.38. The highest BCUT2D eigenvalue weighted by Gasteiger charge is 2.65. The maximum absolute atomic E-state index is 12.7. The lowest BCUT2D eigenvalue weighted by molar-refractivity contribution is -0.140. The number of rotatable bonds is 5. The Morgan fingerprint density at radius 2 is 1.67 bits per heavy atom. The Balaban J connectivity index is 1.74. The number of amides is 2. The summed E-state index contributed by atoms with van der Waals surface area (Å²) in [5, 5.41) is 12.0. The molecule has 140 valence electrons. The molecule has 1 aliphatic rings. The summed E-state index contributed by atoms with van der Waals surface area (Å²) >= 11 is 0. The van der Waals surface area contributed by atoms with Crippen molar-refractivity contribution in [3.05, 3.63) is 60.2 Å². The van der Waals surface area contributed by atoms with E-state index in [4.69, 9.17) is 0 Å². The normalized spacial score (nSPS) is 19.8. The average molecular weight is 366 g/mol. The number of benzene rings is 2. The summed E-state index contributed by atoms with van der Waals surface area (Å²) in [6, 6.07) is 15.9. The third-order valence-corrected chi connectivity index (χ3v) is 5.20. The summed E-state index contributed by atoms with van der Waals surface area (Å²) in [6.45, 7) is 3.54. The molecule has 2 unspecified atom stereocenters. The van der Waals surface area contributed by atoms with E-state index in [2.05, 4.69) is 5.32 Å². The van der Waals surface area contributed by atoms with E-state index < -0.39 is 23.2 Å². The maximum Gasteiger partial charge on any atom is 0.307 e. The van der Waals surface area contributed by atoms with Crippen LogP contribution in [-0.4, -0.2) is 29.9 Å². The van der Waals surface area contributed by atoms with Crippen molar-refractivity contribution in [1.82, 2.24) is 0 Å². The van der Waals surface area contributed by atoms with E-state index in [0.29, 0.717) is 11.3 Å². The van der Waals surface area contributed by atoms with Crippen molar-refractivity contribution in [2.75, 3.05) is 17.3 Å². The fraction of sp³-hybridized carbons (Fsp3) is 0.286. The van der Waals surface area contributed by atoms with Gasteiger partial charge in [-0.1, -0.05) is 38.1 Å². The van der Waals surface area contributed by atoms with E-state index in [0.717, 1.165) is 5.69 Å². The Morgan fingerprint density at radius 3 is 2.26 bits per heavy atom. The van der Waals surface area contributed by atoms with Gasteiger partial charge in [-0.3, -0.25) is 14.4 Å². The molecule has 2 amide bonds. The summed E-state index contributed by atoms with van der Waals surface area (Å²) in [5.41, 5.74) is 1.10. The Labute approximate surface area is 157 Å². The first-order valence-electron chi connectivity index (χ1n) is 8.70. The predicted octanol–water partition coefficient (Wildman–Crippen LogP) is 3.26. The van der Waals surface area contributed by atoms with Crippen molar-refractivity contribution in [2.24, 2.45) is 17.3 Å². The van der Waals surface area contributed by atoms with Crippen LogP contribution in [0.15, 0.2) is 54.6 Å². The third-order valence-electron chi connectivity index (χ3n) is 5.20. The van der Waals surface area contributed by atoms with Gasteiger partial charge in [-0.2, -0.15) is 0 Å². The van der Waals surface area contributed by atoms with Crippen LogP contribution in [0.1, 0.15) is 24.2 Å². The topological polar surface area (TPSA) is 86.7 Å². The highest BCUT2D eigenvalue weighted by molar-refractivity contribution is 6.07. The number of carboxylic acids is 1. The summed E-state index contributed by atoms with van der Waals surface area (Å²) in [6.07, 6.45) is 0. The molecule has 0 saturated heterocycles. The smallest absolute Gasteiger partial charge is 0.307 e. The second-order valence-electron chi connectivity index (χ2n) is 7.38. The monoisotopic (exact) mass is 366 g/mol. The highest BCUT2D eigenvalue weighted by Crippen LogP contribution is 2.58. The van der Waals surface area contributed by atoms with Gasteiger partial charge in [0, 0.05) is 24.0 Å². The SMILES string of the molecule is CN(C(=O)c1cccc(NC(=O)C2C(C(=O)O)C2(C)C)c1)c1ccccc1. The third kappa shape index (κ3) is 3.56. The minimum absolute atomic E-state index is 0.201. The summed E-state index contributed by atoms with van der Waals surface area (Å²) < 4.78 is 0. The fourth-order valence-electron chi connectivity index (χ4n) is 3.50. The van der Waals surface area contributed by atoms with E-state index in [1.807, 2.05) is 30.3 Å². The first kappa shape index (κ1) is 18.6. The lowest BCUT2D eigenvalue weighted by Gasteiger charge is -2.17. The largest absolute Gasteiger partial charge is 0.481 e. The molecule has 2 atom stereocenters. The van der Waals surface area contributed by atoms with Gasteiger partial charge in [-0.25, -0.2) is 0 Å². The molecule has 0 bridgehead atoms. The fourth-order valence-corrected chi connectivity index (χ4v) is 3.50. The van der Waals surface area contributed by atoms with E-state index in [1.165, 1.54) is 4.90 Å². The molecular formula is C21H22N2O4. The molecule has 3 rings (SSSR count). The van der Waals surface area contributed by atoms with Gasteiger partial charge >= 0.3 is 5.97 Å². The highest BCUT2D eigenvalue weighted by atomic mass is 16.4. The van der Waals surface area contributed by atoms with Crippen LogP contribution in [0.25, 0.3) is 0 Å². The summed E-state index contributed by atoms with van der Waals surface area (Å²) in [5.74, 6) is -2.78. The van der Waals surface area contributed by atoms with Gasteiger partial charge in [0.25, 0.3) is 5.91 Å². The van der Waals surface area contributed by atoms with E-state index in [1.54, 1.807) is 45.2 Å². The molecule has 0 radical (unpaired) electrons. The van der Waals surface area contributed by atoms with Crippen LogP contribution in [0.3, 0.4) is 0 Å². The standard InChI is InChI=1S/C21H22N2O4/c1-21(2)16(17(21)20(26)27)18(24)22-14-9-7-8-13(12-14)19(25)23(3)15-10-5-4-6-11-15/h4-12,16-17H,1-3H3,(H,22,24)(H,26,27). The van der Waals surface area contributed by atoms with E-state index >= 15 is 0 Å². The number of carbonyl (C=O) groups is 3. The van der Waals surface area contributed by atoms with Crippen molar-refractivity contribution in [3.63, 3.8) is 0 Å². The zero-order valence-corrected chi connectivity index (χ0v) is 15.5. The van der Waals surface area contributed by atoms with Crippen molar-refractivity contribution in [2.45, 2.75) is 13.8 Å². The summed E-state index contributed by atoms with van der Waals surface area (Å²) in [7, 11) is 1.69. The molecule has 2 aromatic rings. The van der Waals surface area contributed by atoms with Crippen LogP contribution in [0.2, 0.25) is 0 Å². The number of para-hydroxylation sites is 1. The van der Waals surface area contributed by atoms with Crippen LogP contribution in [-0.2, 0) is 9.59 Å². The van der Waals surface area contributed by atoms with Gasteiger partial charge in [0.2, 0.25) is 5.91 Å². The van der Waals surface area contributed by atoms with Gasteiger partial charge in [-0.05, 0) is 35.7 Å². The lowest BCUT2D eigenvalue weighted by Crippen LogP contribution is -2.26. The van der Waals surface area contributed by atoms with Gasteiger partial charge in [0.05, 0.1) is 11.8 Å². The molecule has 27 heavy (non-hydrogen) atoms. The minimum atomic E-state index is -0.964. The predicted molar refractivity (Wildman–Crippen MR) is 103 cm³/mol. The molecule has 0 aliphatic heterocycles. The van der Waals surface area contributed by atoms with Gasteiger partial charge in [-0.15, -0.1) is 0 Å². The number of nitrogens with zero attached hydrogens (tertiary/aromatic N) is 1. The Bertz CT molecular complexity index is 892. The number of nitrogens with one attached hydrogen (secondary N) is 1. The molecule has 2 N–H and O–H groups in total. The number of anilines is 2. The number of hydrogen-bond acceptors (Lipinski definition) is 3. The summed E-state index contributed by atoms with van der Waals surface area (Å²) in [4.78, 5) is 38.0. The molecule has 0 aromatic heterocycles. The van der Waals surface area contributed by atoms with Crippen molar-refractivity contribution in [1.29, 1.82) is 0 Å². The molecule has 0 spiro atoms. The zero-order chi connectivity index (χ0) is 19.8. The maximum atomic E-state index is 12.7. The molecule has 1 saturated carbocycles. The van der Waals surface area contributed by atoms with Crippen LogP contribution in [0.4, 0.5) is 11.4 Å². The van der Waals surface area contributed by atoms with Crippen LogP contribution in [0, 0.1) is 17.3 Å². The number of aliphatic carboxylic acids is 1. The molecule has 6 heteroatoms. The Kier molecular flexibility index (Phi) is 4.74. The zero-order valence-electron chi connectivity index (χ0n) is 15.5. The molecule has 6 nitrogen and oxygen atoms in total. The Hall–Kier alpha value is -3.15. The van der Waals surface area contributed by atoms with Crippen LogP contribution >= 0.6 is 0 Å². The Morgan fingerprint density at radius 1 is 1.00 bits per heavy atom. The molecule has 1 aliphatic carbocycles. The van der Waals surface area contributed by atoms with Gasteiger partial charge in [0.1, 0.15) is 0 Å². The van der Waals surface area contributed by atoms with Crippen LogP contribution < -0.4 is 10.2 Å². The second kappa shape index (κ2) is 6.87. The number of carbonyl (C=O) groups excluding carboxylic acids is 2. The van der Waals surface area contributed by atoms with Crippen LogP contribution in [0.5, 0.6) is 0 Å². The number of carboxylic acid groups (broad SMARTS) is 1. The average Bonchev–Trinajstić information content (AvgIpc) is 3.24. The van der Waals surface area contributed by atoms with E-state index in [9.17, 15) is 19.5 Å². The van der Waals surface area contributed by atoms with E-state index in [-0.39, 0.29) is 11.8 Å². The molecule has 0 heterocycles. The van der Waals surface area contributed by atoms with Gasteiger partial charge < -0.3 is 15.3 Å². The molecule has 1 fully saturated rings. The molecular weight excluding hydrogens is 344 g/mol. The lowest BCUT2D eigenvalue weighted by atomic mass is 10.1. The van der Waals surface area contributed by atoms with Gasteiger partial charge in [0.15, 0.2) is 0 Å². The first-order valence-corrected chi connectivity index (χ1v) is 8.70. The number of hydrogen-bond donors (Lipinski definition) is 2. The minimum Gasteiger partial charge on any atom is -0.481 e. The van der Waals surface area contributed by atoms with Crippen molar-refractivity contribution < 1.29 is 19.5 Å². The van der Waals surface area contributed by atoms with Crippen molar-refractivity contribution >= 4 is 29.2 Å². The quantitative estimate of drug-likeness (QED) is 0.850.